The van der Waals surface area contributed by atoms with E-state index in [0.717, 1.165) is 0 Å². The quantitative estimate of drug-likeness (QED) is 0.0997. The molecule has 0 heterocycles. The van der Waals surface area contributed by atoms with E-state index >= 15 is 0 Å². The zero-order valence-electron chi connectivity index (χ0n) is 21.7. The summed E-state index contributed by atoms with van der Waals surface area (Å²) in [6.07, 6.45) is -21.7. The van der Waals surface area contributed by atoms with E-state index in [1.807, 2.05) is 0 Å². The van der Waals surface area contributed by atoms with Gasteiger partial charge in [0.05, 0.1) is 0 Å². The fourth-order valence-electron chi connectivity index (χ4n) is 2.60. The normalized spacial score (nSPS) is 25.0. The molecule has 0 N–H and O–H groups in total. The smallest absolute Gasteiger partial charge is 0.726 e. The summed E-state index contributed by atoms with van der Waals surface area (Å²) in [6, 6.07) is 0. The third-order valence-corrected chi connectivity index (χ3v) is 6.06. The van der Waals surface area contributed by atoms with Crippen molar-refractivity contribution in [3.63, 3.8) is 0 Å². The maximum atomic E-state index is 11.1. The maximum absolute atomic E-state index is 11.1. The van der Waals surface area contributed by atoms with E-state index in [2.05, 4.69) is 25.1 Å². The molecule has 0 aliphatic heterocycles. The maximum Gasteiger partial charge on any atom is 1.00 e. The number of rotatable bonds is 12. The molecule has 216 valence electrons. The van der Waals surface area contributed by atoms with Gasteiger partial charge >= 0.3 is 308 Å². The van der Waals surface area contributed by atoms with Crippen LogP contribution in [0.2, 0.25) is 0 Å². The zero-order valence-corrected chi connectivity index (χ0v) is 45.3. The third kappa shape index (κ3) is 28.5. The molecule has 1 fully saturated rings. The number of hydrogen-bond acceptors (Lipinski definition) is 24. The predicted molar refractivity (Wildman–Crippen MR) is 87.4 cm³/mol. The summed E-state index contributed by atoms with van der Waals surface area (Å²) in [5, 5.41) is 0. The molecule has 0 spiro atoms. The topological polar surface area (TPSA) is 399 Å². The average Bonchev–Trinajstić information content (AvgIpc) is 2.51. The van der Waals surface area contributed by atoms with Crippen LogP contribution in [0.5, 0.6) is 0 Å². The van der Waals surface area contributed by atoms with Gasteiger partial charge in [0.25, 0.3) is 0 Å². The largest absolute Gasteiger partial charge is 1.00 e. The monoisotopic (exact) mass is 888 g/mol. The van der Waals surface area contributed by atoms with E-state index in [4.69, 9.17) is 0 Å². The molecule has 0 aromatic rings. The molecule has 0 amide bonds. The number of hydrogen-bond donors (Lipinski definition) is 0. The molecule has 0 radical (unpaired) electrons. The first-order valence-corrected chi connectivity index (χ1v) is 15.4. The van der Waals surface area contributed by atoms with Crippen LogP contribution in [0, 0.1) is 0 Å². The van der Waals surface area contributed by atoms with Crippen molar-refractivity contribution in [2.45, 2.75) is 36.6 Å². The molecule has 24 nitrogen and oxygen atoms in total. The van der Waals surface area contributed by atoms with Crippen LogP contribution in [0.3, 0.4) is 0 Å². The third-order valence-electron chi connectivity index (χ3n) is 3.32. The minimum Gasteiger partial charge on any atom is -0.726 e. The fraction of sp³-hybridized carbons (Fsp3) is 1.00. The molecule has 0 saturated heterocycles. The predicted octanol–water partition coefficient (Wildman–Crippen LogP) is -24.9. The second-order valence-corrected chi connectivity index (χ2v) is 11.9. The van der Waals surface area contributed by atoms with Gasteiger partial charge < -0.3 is 27.3 Å². The Morgan fingerprint density at radius 3 is 0.381 bits per heavy atom. The van der Waals surface area contributed by atoms with E-state index in [1.165, 1.54) is 0 Å². The van der Waals surface area contributed by atoms with Crippen molar-refractivity contribution in [3.05, 3.63) is 0 Å². The Hall–Kier alpha value is 9.04. The molecule has 0 aromatic heterocycles. The second-order valence-electron chi connectivity index (χ2n) is 5.81. The van der Waals surface area contributed by atoms with Crippen molar-refractivity contribution in [3.8, 4) is 0 Å². The van der Waals surface area contributed by atoms with Crippen LogP contribution >= 0.6 is 0 Å². The van der Waals surface area contributed by atoms with Gasteiger partial charge in [-0.25, -0.2) is 50.5 Å². The van der Waals surface area contributed by atoms with Crippen molar-refractivity contribution in [2.24, 2.45) is 0 Å². The van der Waals surface area contributed by atoms with Gasteiger partial charge in [0.15, 0.2) is 0 Å². The molecule has 0 bridgehead atoms. The van der Waals surface area contributed by atoms with E-state index in [1.54, 1.807) is 0 Å². The summed E-state index contributed by atoms with van der Waals surface area (Å²) in [4.78, 5) is 0. The van der Waals surface area contributed by atoms with E-state index in [0.29, 0.717) is 0 Å². The molecule has 1 rings (SSSR count). The van der Waals surface area contributed by atoms with Crippen LogP contribution < -0.4 is 308 Å². The summed E-state index contributed by atoms with van der Waals surface area (Å²) < 4.78 is 220. The first kappa shape index (κ1) is 63.0. The average molecular weight is 889 g/mol. The summed E-state index contributed by atoms with van der Waals surface area (Å²) in [7, 11) is -38.3. The molecule has 1 aliphatic carbocycles. The Labute approximate surface area is 495 Å². The van der Waals surface area contributed by atoms with Crippen molar-refractivity contribution in [1.82, 2.24) is 0 Å². The molecule has 0 atom stereocenters. The SMILES string of the molecule is O=S(=O)([O-])OC1C(OS(=O)(=O)[O-])C(OS(=O)(=O)[O-])C(OS(=O)(=O)[O-])C(OS(=O)(=O)[O-])C1OS(=O)(=O)[O-].[K+].[K+].[K+].[K+].[K+].[K+]. The standard InChI is InChI=1S/C6H12O24S6.6K/c7-31(8,9)25-1-2(26-32(10,11)12)4(28-34(16,17)18)6(30-36(22,23)24)5(29-35(19,20)21)3(1)27-33(13,14)15;;;;;;/h1-6H,(H,7,8,9)(H,10,11,12)(H,13,14,15)(H,16,17,18)(H,19,20,21)(H,22,23,24);;;;;;/q;6*+1/p-6. The van der Waals surface area contributed by atoms with E-state index in [-0.39, 0.29) is 308 Å². The second kappa shape index (κ2) is 25.2. The zero-order chi connectivity index (χ0) is 28.7. The Morgan fingerprint density at radius 2 is 0.333 bits per heavy atom. The molecular weight excluding hydrogens is 883 g/mol. The van der Waals surface area contributed by atoms with Crippen LogP contribution in [-0.2, 0) is 87.5 Å². The Bertz CT molecular complexity index is 1170. The first-order chi connectivity index (χ1) is 15.6. The Kier molecular flexibility index (Phi) is 37.9. The van der Waals surface area contributed by atoms with Gasteiger partial charge in [0, 0.05) is 0 Å². The van der Waals surface area contributed by atoms with Crippen molar-refractivity contribution in [2.75, 3.05) is 0 Å². The van der Waals surface area contributed by atoms with Crippen molar-refractivity contribution in [1.29, 1.82) is 0 Å². The van der Waals surface area contributed by atoms with Crippen LogP contribution in [0.25, 0.3) is 0 Å². The van der Waals surface area contributed by atoms with Crippen LogP contribution in [0.15, 0.2) is 0 Å². The fourth-order valence-corrected chi connectivity index (χ4v) is 5.54. The van der Waals surface area contributed by atoms with Gasteiger partial charge in [-0.2, -0.15) is 0 Å². The van der Waals surface area contributed by atoms with Crippen LogP contribution in [0.1, 0.15) is 0 Å². The molecule has 36 heteroatoms. The summed E-state index contributed by atoms with van der Waals surface area (Å²) >= 11 is 0. The van der Waals surface area contributed by atoms with Crippen LogP contribution in [-0.4, -0.2) is 114 Å². The Balaban J connectivity index is -0.000000540. The molecule has 1 saturated carbocycles. The molecular formula is C6H6K6O24S6. The van der Waals surface area contributed by atoms with Crippen LogP contribution in [0.4, 0.5) is 0 Å². The Morgan fingerprint density at radius 1 is 0.262 bits per heavy atom. The first-order valence-electron chi connectivity index (χ1n) is 7.41. The van der Waals surface area contributed by atoms with Gasteiger partial charge in [-0.05, 0) is 0 Å². The molecule has 1 aliphatic rings. The summed E-state index contributed by atoms with van der Waals surface area (Å²) in [5.41, 5.74) is 0. The van der Waals surface area contributed by atoms with Crippen molar-refractivity contribution < 1.29 is 411 Å². The van der Waals surface area contributed by atoms with Gasteiger partial charge in [-0.1, -0.05) is 0 Å². The minimum absolute atomic E-state index is 0. The summed E-state index contributed by atoms with van der Waals surface area (Å²) in [5.74, 6) is 0. The van der Waals surface area contributed by atoms with Gasteiger partial charge in [0.2, 0.25) is 62.4 Å². The summed E-state index contributed by atoms with van der Waals surface area (Å²) in [6.45, 7) is 0. The van der Waals surface area contributed by atoms with Gasteiger partial charge in [-0.3, -0.25) is 25.1 Å². The van der Waals surface area contributed by atoms with Gasteiger partial charge in [-0.15, -0.1) is 0 Å². The molecule has 42 heavy (non-hydrogen) atoms. The minimum atomic E-state index is -6.38. The molecule has 0 unspecified atom stereocenters. The van der Waals surface area contributed by atoms with E-state index in [9.17, 15) is 77.8 Å². The van der Waals surface area contributed by atoms with Gasteiger partial charge in [0.1, 0.15) is 36.6 Å². The van der Waals surface area contributed by atoms with E-state index < -0.39 is 99.0 Å². The molecule has 0 aromatic carbocycles. The van der Waals surface area contributed by atoms with Crippen molar-refractivity contribution >= 4 is 62.4 Å².